The van der Waals surface area contributed by atoms with E-state index in [2.05, 4.69) is 22.5 Å². The number of benzene rings is 3. The van der Waals surface area contributed by atoms with Crippen LogP contribution in [0.2, 0.25) is 0 Å². The molecule has 146 valence electrons. The second-order valence-electron chi connectivity index (χ2n) is 7.36. The van der Waals surface area contributed by atoms with Crippen LogP contribution >= 0.6 is 15.9 Å². The first kappa shape index (κ1) is 19.6. The van der Waals surface area contributed by atoms with Crippen LogP contribution in [0.3, 0.4) is 0 Å². The van der Waals surface area contributed by atoms with E-state index in [0.29, 0.717) is 12.1 Å². The number of carbonyl (C=O) groups excluding carboxylic acids is 1. The van der Waals surface area contributed by atoms with Crippen molar-refractivity contribution in [3.8, 4) is 0 Å². The molecule has 0 fully saturated rings. The molecule has 29 heavy (non-hydrogen) atoms. The summed E-state index contributed by atoms with van der Waals surface area (Å²) >= 11 is 3.49. The van der Waals surface area contributed by atoms with Gasteiger partial charge in [-0.1, -0.05) is 82.7 Å². The third-order valence-electron chi connectivity index (χ3n) is 5.51. The molecule has 3 aromatic rings. The number of fused-ring (bicyclic) bond motifs is 1. The van der Waals surface area contributed by atoms with Gasteiger partial charge in [0.15, 0.2) is 5.60 Å². The summed E-state index contributed by atoms with van der Waals surface area (Å²) in [7, 11) is 0. The van der Waals surface area contributed by atoms with Crippen molar-refractivity contribution < 1.29 is 9.90 Å². The van der Waals surface area contributed by atoms with Gasteiger partial charge in [0, 0.05) is 16.0 Å². The van der Waals surface area contributed by atoms with Crippen molar-refractivity contribution in [1.82, 2.24) is 0 Å². The van der Waals surface area contributed by atoms with Crippen molar-refractivity contribution in [1.29, 1.82) is 0 Å². The molecule has 2 atom stereocenters. The summed E-state index contributed by atoms with van der Waals surface area (Å²) in [5, 5.41) is 11.7. The average Bonchev–Trinajstić information content (AvgIpc) is 2.95. The second-order valence-corrected chi connectivity index (χ2v) is 8.27. The van der Waals surface area contributed by atoms with Gasteiger partial charge in [-0.2, -0.15) is 0 Å². The molecule has 1 aliphatic heterocycles. The molecule has 3 nitrogen and oxygen atoms in total. The van der Waals surface area contributed by atoms with E-state index in [1.165, 1.54) is 0 Å². The molecule has 4 heteroatoms. The fraction of sp³-hybridized carbons (Fsp3) is 0.160. The molecule has 0 aromatic heterocycles. The van der Waals surface area contributed by atoms with E-state index in [4.69, 9.17) is 0 Å². The predicted molar refractivity (Wildman–Crippen MR) is 120 cm³/mol. The van der Waals surface area contributed by atoms with Gasteiger partial charge >= 0.3 is 0 Å². The normalized spacial score (nSPS) is 19.1. The van der Waals surface area contributed by atoms with E-state index in [-0.39, 0.29) is 18.2 Å². The molecule has 1 aliphatic rings. The Morgan fingerprint density at radius 2 is 1.69 bits per heavy atom. The van der Waals surface area contributed by atoms with Crippen molar-refractivity contribution in [2.24, 2.45) is 0 Å². The van der Waals surface area contributed by atoms with Crippen LogP contribution in [0.15, 0.2) is 96.0 Å². The fourth-order valence-electron chi connectivity index (χ4n) is 4.00. The van der Waals surface area contributed by atoms with E-state index in [9.17, 15) is 9.90 Å². The Morgan fingerprint density at radius 1 is 1.03 bits per heavy atom. The Labute approximate surface area is 179 Å². The molecule has 0 bridgehead atoms. The Kier molecular flexibility index (Phi) is 5.39. The van der Waals surface area contributed by atoms with Crippen LogP contribution < -0.4 is 4.90 Å². The summed E-state index contributed by atoms with van der Waals surface area (Å²) in [6.45, 7) is 4.37. The maximum atomic E-state index is 13.5. The van der Waals surface area contributed by atoms with Crippen LogP contribution in [0, 0.1) is 0 Å². The summed E-state index contributed by atoms with van der Waals surface area (Å²) in [5.41, 5.74) is 1.82. The SMILES string of the molecule is C=C[C@@H](C[C@]1(O)C(=O)N(Cc2ccccc2)c2ccc(Br)cc21)c1ccccc1. The monoisotopic (exact) mass is 447 g/mol. The lowest BCUT2D eigenvalue weighted by molar-refractivity contribution is -0.137. The highest BCUT2D eigenvalue weighted by molar-refractivity contribution is 9.10. The van der Waals surface area contributed by atoms with Gasteiger partial charge in [0.05, 0.1) is 12.2 Å². The van der Waals surface area contributed by atoms with Gasteiger partial charge in [-0.15, -0.1) is 6.58 Å². The van der Waals surface area contributed by atoms with Crippen molar-refractivity contribution in [2.75, 3.05) is 4.90 Å². The molecule has 1 N–H and O–H groups in total. The molecular weight excluding hydrogens is 426 g/mol. The number of anilines is 1. The second kappa shape index (κ2) is 7.97. The number of nitrogens with zero attached hydrogens (tertiary/aromatic N) is 1. The number of allylic oxidation sites excluding steroid dienone is 1. The smallest absolute Gasteiger partial charge is 0.264 e. The maximum absolute atomic E-state index is 13.5. The molecule has 0 spiro atoms. The van der Waals surface area contributed by atoms with E-state index in [0.717, 1.165) is 21.3 Å². The fourth-order valence-corrected chi connectivity index (χ4v) is 4.36. The number of hydrogen-bond acceptors (Lipinski definition) is 2. The number of hydrogen-bond donors (Lipinski definition) is 1. The van der Waals surface area contributed by atoms with E-state index >= 15 is 0 Å². The lowest BCUT2D eigenvalue weighted by atomic mass is 9.82. The van der Waals surface area contributed by atoms with Crippen LogP contribution in [0.4, 0.5) is 5.69 Å². The zero-order valence-electron chi connectivity index (χ0n) is 16.0. The maximum Gasteiger partial charge on any atom is 0.264 e. The van der Waals surface area contributed by atoms with E-state index in [1.54, 1.807) is 11.0 Å². The quantitative estimate of drug-likeness (QED) is 0.503. The topological polar surface area (TPSA) is 40.5 Å². The minimum absolute atomic E-state index is 0.145. The number of rotatable bonds is 6. The summed E-state index contributed by atoms with van der Waals surface area (Å²) in [5.74, 6) is -0.439. The molecule has 0 saturated heterocycles. The Bertz CT molecular complexity index is 1040. The van der Waals surface area contributed by atoms with Gasteiger partial charge in [0.25, 0.3) is 5.91 Å². The highest BCUT2D eigenvalue weighted by atomic mass is 79.9. The number of amides is 1. The van der Waals surface area contributed by atoms with Crippen molar-refractivity contribution >= 4 is 27.5 Å². The first-order valence-corrected chi connectivity index (χ1v) is 10.4. The predicted octanol–water partition coefficient (Wildman–Crippen LogP) is 5.54. The van der Waals surface area contributed by atoms with Gasteiger partial charge in [0.1, 0.15) is 0 Å². The molecule has 3 aromatic carbocycles. The largest absolute Gasteiger partial charge is 0.375 e. The van der Waals surface area contributed by atoms with Crippen LogP contribution in [0.5, 0.6) is 0 Å². The summed E-state index contributed by atoms with van der Waals surface area (Å²) in [4.78, 5) is 15.2. The minimum atomic E-state index is -1.61. The zero-order chi connectivity index (χ0) is 20.4. The van der Waals surface area contributed by atoms with Crippen molar-refractivity contribution in [2.45, 2.75) is 24.5 Å². The Balaban J connectivity index is 1.74. The zero-order valence-corrected chi connectivity index (χ0v) is 17.5. The van der Waals surface area contributed by atoms with Crippen molar-refractivity contribution in [3.63, 3.8) is 0 Å². The number of halogens is 1. The number of aliphatic hydroxyl groups is 1. The molecule has 0 unspecified atom stereocenters. The first-order valence-electron chi connectivity index (χ1n) is 9.59. The van der Waals surface area contributed by atoms with Gasteiger partial charge in [-0.25, -0.2) is 0 Å². The molecule has 1 heterocycles. The van der Waals surface area contributed by atoms with Gasteiger partial charge in [-0.05, 0) is 35.7 Å². The summed E-state index contributed by atoms with van der Waals surface area (Å²) in [6.07, 6.45) is 2.05. The van der Waals surface area contributed by atoms with Crippen LogP contribution in [-0.2, 0) is 16.9 Å². The van der Waals surface area contributed by atoms with Gasteiger partial charge < -0.3 is 10.0 Å². The highest BCUT2D eigenvalue weighted by Gasteiger charge is 2.50. The highest BCUT2D eigenvalue weighted by Crippen LogP contribution is 2.47. The number of carbonyl (C=O) groups is 1. The Morgan fingerprint density at radius 3 is 2.34 bits per heavy atom. The Hall–Kier alpha value is -2.69. The average molecular weight is 448 g/mol. The molecule has 0 aliphatic carbocycles. The molecular formula is C25H22BrNO2. The van der Waals surface area contributed by atoms with Crippen LogP contribution in [-0.4, -0.2) is 11.0 Å². The summed E-state index contributed by atoms with van der Waals surface area (Å²) < 4.78 is 0.832. The lowest BCUT2D eigenvalue weighted by Crippen LogP contribution is -2.41. The van der Waals surface area contributed by atoms with Crippen molar-refractivity contribution in [3.05, 3.63) is 113 Å². The van der Waals surface area contributed by atoms with Gasteiger partial charge in [-0.3, -0.25) is 4.79 Å². The van der Waals surface area contributed by atoms with Gasteiger partial charge in [0.2, 0.25) is 0 Å². The molecule has 4 rings (SSSR count). The molecule has 0 saturated carbocycles. The first-order chi connectivity index (χ1) is 14.0. The molecule has 1 amide bonds. The standard InChI is InChI=1S/C25H22BrNO2/c1-2-19(20-11-7-4-8-12-20)16-25(29)22-15-21(26)13-14-23(22)27(24(25)28)17-18-9-5-3-6-10-18/h2-15,19,29H,1,16-17H2/t19-,25+/m0/s1. The third-order valence-corrected chi connectivity index (χ3v) is 6.00. The minimum Gasteiger partial charge on any atom is -0.375 e. The summed E-state index contributed by atoms with van der Waals surface area (Å²) in [6, 6.07) is 25.3. The lowest BCUT2D eigenvalue weighted by Gasteiger charge is -2.27. The van der Waals surface area contributed by atoms with E-state index in [1.807, 2.05) is 78.9 Å². The molecule has 0 radical (unpaired) electrons. The third kappa shape index (κ3) is 3.66. The van der Waals surface area contributed by atoms with Crippen LogP contribution in [0.25, 0.3) is 0 Å². The van der Waals surface area contributed by atoms with Crippen LogP contribution in [0.1, 0.15) is 29.0 Å². The van der Waals surface area contributed by atoms with E-state index < -0.39 is 5.60 Å².